The van der Waals surface area contributed by atoms with Crippen LogP contribution in [0.2, 0.25) is 0 Å². The third-order valence-electron chi connectivity index (χ3n) is 3.27. The highest BCUT2D eigenvalue weighted by Gasteiger charge is 2.35. The fourth-order valence-electron chi connectivity index (χ4n) is 2.20. The summed E-state index contributed by atoms with van der Waals surface area (Å²) in [6, 6.07) is 5.23. The first kappa shape index (κ1) is 17.0. The molecule has 2 N–H and O–H groups in total. The van der Waals surface area contributed by atoms with Crippen LogP contribution in [0.3, 0.4) is 0 Å². The lowest BCUT2D eigenvalue weighted by Crippen LogP contribution is -2.32. The largest absolute Gasteiger partial charge is 0.416 e. The Morgan fingerprint density at radius 2 is 2.00 bits per heavy atom. The Labute approximate surface area is 131 Å². The summed E-state index contributed by atoms with van der Waals surface area (Å²) in [6.45, 7) is 1.09. The Kier molecular flexibility index (Phi) is 5.00. The molecule has 1 unspecified atom stereocenters. The first-order valence-electron chi connectivity index (χ1n) is 6.82. The average Bonchev–Trinajstić information content (AvgIpc) is 2.51. The van der Waals surface area contributed by atoms with E-state index >= 15 is 0 Å². The number of benzene rings is 1. The van der Waals surface area contributed by atoms with Crippen molar-refractivity contribution < 1.29 is 23.1 Å². The van der Waals surface area contributed by atoms with Gasteiger partial charge in [0.1, 0.15) is 0 Å². The lowest BCUT2D eigenvalue weighted by molar-refractivity contribution is -0.138. The normalized spacial score (nSPS) is 12.7. The molecular formula is C16H15F3N2O2. The molecule has 122 valence electrons. The molecule has 2 aromatic rings. The number of carbonyl (C=O) groups is 1. The Hall–Kier alpha value is -2.41. The number of nitrogens with zero attached hydrogens (tertiary/aromatic N) is 1. The van der Waals surface area contributed by atoms with E-state index in [1.807, 2.05) is 0 Å². The Morgan fingerprint density at radius 3 is 2.61 bits per heavy atom. The van der Waals surface area contributed by atoms with Crippen molar-refractivity contribution in [1.29, 1.82) is 0 Å². The van der Waals surface area contributed by atoms with Crippen LogP contribution in [0.4, 0.5) is 13.2 Å². The molecule has 1 aromatic carbocycles. The van der Waals surface area contributed by atoms with Gasteiger partial charge in [0.05, 0.1) is 23.8 Å². The fraction of sp³-hybridized carbons (Fsp3) is 0.250. The van der Waals surface area contributed by atoms with Crippen molar-refractivity contribution in [2.45, 2.75) is 19.1 Å². The van der Waals surface area contributed by atoms with E-state index in [0.717, 1.165) is 11.6 Å². The van der Waals surface area contributed by atoms with Crippen LogP contribution in [0.15, 0.2) is 42.7 Å². The van der Waals surface area contributed by atoms with Gasteiger partial charge in [0.2, 0.25) is 0 Å². The molecule has 0 saturated carbocycles. The topological polar surface area (TPSA) is 62.2 Å². The van der Waals surface area contributed by atoms with Crippen LogP contribution in [-0.4, -0.2) is 22.6 Å². The number of carbonyl (C=O) groups excluding carboxylic acids is 1. The zero-order valence-electron chi connectivity index (χ0n) is 12.3. The Bertz CT molecular complexity index is 702. The van der Waals surface area contributed by atoms with Crippen molar-refractivity contribution >= 4 is 5.91 Å². The zero-order chi connectivity index (χ0) is 17.0. The van der Waals surface area contributed by atoms with E-state index < -0.39 is 30.3 Å². The van der Waals surface area contributed by atoms with E-state index in [1.54, 1.807) is 19.2 Å². The van der Waals surface area contributed by atoms with Gasteiger partial charge in [-0.15, -0.1) is 0 Å². The monoisotopic (exact) mass is 324 g/mol. The smallest absolute Gasteiger partial charge is 0.394 e. The van der Waals surface area contributed by atoms with Crippen LogP contribution in [0.25, 0.3) is 0 Å². The highest BCUT2D eigenvalue weighted by atomic mass is 19.4. The highest BCUT2D eigenvalue weighted by Crippen LogP contribution is 2.34. The minimum absolute atomic E-state index is 0.184. The molecule has 0 radical (unpaired) electrons. The number of aromatic nitrogens is 1. The summed E-state index contributed by atoms with van der Waals surface area (Å²) in [4.78, 5) is 16.0. The van der Waals surface area contributed by atoms with Crippen molar-refractivity contribution in [3.8, 4) is 0 Å². The van der Waals surface area contributed by atoms with E-state index in [9.17, 15) is 23.1 Å². The minimum atomic E-state index is -4.57. The molecule has 0 fully saturated rings. The second-order valence-electron chi connectivity index (χ2n) is 5.04. The summed E-state index contributed by atoms with van der Waals surface area (Å²) in [7, 11) is 0. The van der Waals surface area contributed by atoms with Crippen LogP contribution in [0, 0.1) is 6.92 Å². The molecule has 7 heteroatoms. The number of halogens is 3. The number of aryl methyl sites for hydroxylation is 1. The quantitative estimate of drug-likeness (QED) is 0.909. The molecule has 2 rings (SSSR count). The molecule has 0 aliphatic rings. The Morgan fingerprint density at radius 1 is 1.30 bits per heavy atom. The molecule has 0 aliphatic carbocycles. The summed E-state index contributed by atoms with van der Waals surface area (Å²) < 4.78 is 39.2. The van der Waals surface area contributed by atoms with Crippen molar-refractivity contribution in [1.82, 2.24) is 10.3 Å². The number of nitrogens with one attached hydrogen (secondary N) is 1. The third kappa shape index (κ3) is 4.07. The zero-order valence-corrected chi connectivity index (χ0v) is 12.3. The van der Waals surface area contributed by atoms with E-state index in [2.05, 4.69) is 10.3 Å². The predicted octanol–water partition coefficient (Wildman–Crippen LogP) is 2.87. The lowest BCUT2D eigenvalue weighted by atomic mass is 10.00. The van der Waals surface area contributed by atoms with E-state index in [4.69, 9.17) is 0 Å². The van der Waals surface area contributed by atoms with Gasteiger partial charge in [-0.05, 0) is 30.2 Å². The van der Waals surface area contributed by atoms with Gasteiger partial charge in [0, 0.05) is 12.4 Å². The molecule has 1 aromatic heterocycles. The molecule has 1 amide bonds. The molecule has 0 spiro atoms. The maximum absolute atomic E-state index is 13.1. The minimum Gasteiger partial charge on any atom is -0.394 e. The molecule has 0 bridgehead atoms. The summed E-state index contributed by atoms with van der Waals surface area (Å²) in [5.74, 6) is -0.600. The first-order chi connectivity index (χ1) is 10.8. The second-order valence-corrected chi connectivity index (χ2v) is 5.04. The average molecular weight is 324 g/mol. The molecular weight excluding hydrogens is 309 g/mol. The summed E-state index contributed by atoms with van der Waals surface area (Å²) in [5, 5.41) is 11.8. The van der Waals surface area contributed by atoms with Gasteiger partial charge in [0.15, 0.2) is 0 Å². The van der Waals surface area contributed by atoms with Gasteiger partial charge in [-0.2, -0.15) is 13.2 Å². The van der Waals surface area contributed by atoms with Crippen molar-refractivity contribution in [2.24, 2.45) is 0 Å². The fourth-order valence-corrected chi connectivity index (χ4v) is 2.20. The van der Waals surface area contributed by atoms with Gasteiger partial charge < -0.3 is 10.4 Å². The van der Waals surface area contributed by atoms with Crippen LogP contribution >= 0.6 is 0 Å². The van der Waals surface area contributed by atoms with Crippen LogP contribution < -0.4 is 5.32 Å². The Balaban J connectivity index is 2.29. The number of rotatable bonds is 4. The van der Waals surface area contributed by atoms with Crippen LogP contribution in [0.1, 0.15) is 33.1 Å². The summed E-state index contributed by atoms with van der Waals surface area (Å²) in [6.07, 6.45) is -1.70. The number of alkyl halides is 3. The van der Waals surface area contributed by atoms with Gasteiger partial charge in [0.25, 0.3) is 5.91 Å². The van der Waals surface area contributed by atoms with Crippen LogP contribution in [-0.2, 0) is 6.18 Å². The number of amides is 1. The second kappa shape index (κ2) is 6.78. The molecule has 1 heterocycles. The van der Waals surface area contributed by atoms with Gasteiger partial charge >= 0.3 is 6.18 Å². The molecule has 4 nitrogen and oxygen atoms in total. The molecule has 0 saturated heterocycles. The van der Waals surface area contributed by atoms with Crippen molar-refractivity contribution in [2.75, 3.05) is 6.61 Å². The summed E-state index contributed by atoms with van der Waals surface area (Å²) in [5.41, 5.74) is -0.111. The highest BCUT2D eigenvalue weighted by molar-refractivity contribution is 5.94. The first-order valence-corrected chi connectivity index (χ1v) is 6.82. The van der Waals surface area contributed by atoms with E-state index in [0.29, 0.717) is 0 Å². The predicted molar refractivity (Wildman–Crippen MR) is 77.7 cm³/mol. The maximum atomic E-state index is 13.1. The number of aliphatic hydroxyl groups is 1. The van der Waals surface area contributed by atoms with E-state index in [-0.39, 0.29) is 11.1 Å². The molecule has 0 aliphatic heterocycles. The number of hydrogen-bond acceptors (Lipinski definition) is 3. The lowest BCUT2D eigenvalue weighted by Gasteiger charge is -2.21. The van der Waals surface area contributed by atoms with E-state index in [1.165, 1.54) is 24.4 Å². The van der Waals surface area contributed by atoms with Crippen LogP contribution in [0.5, 0.6) is 0 Å². The maximum Gasteiger partial charge on any atom is 0.416 e. The van der Waals surface area contributed by atoms with Gasteiger partial charge in [-0.25, -0.2) is 0 Å². The number of pyridine rings is 1. The summed E-state index contributed by atoms with van der Waals surface area (Å²) >= 11 is 0. The van der Waals surface area contributed by atoms with Crippen molar-refractivity contribution in [3.63, 3.8) is 0 Å². The number of aliphatic hydroxyl groups excluding tert-OH is 1. The number of hydrogen-bond donors (Lipinski definition) is 2. The molecule has 23 heavy (non-hydrogen) atoms. The van der Waals surface area contributed by atoms with Crippen molar-refractivity contribution in [3.05, 3.63) is 65.0 Å². The van der Waals surface area contributed by atoms with Gasteiger partial charge in [-0.1, -0.05) is 18.2 Å². The standard InChI is InChI=1S/C16H15F3N2O2/c1-10-6-11(8-20-7-10)15(23)21-14(9-22)12-4-2-3-5-13(12)16(17,18)19/h2-8,14,22H,9H2,1H3,(H,21,23). The third-order valence-corrected chi connectivity index (χ3v) is 3.27. The van der Waals surface area contributed by atoms with Gasteiger partial charge in [-0.3, -0.25) is 9.78 Å². The molecule has 1 atom stereocenters. The SMILES string of the molecule is Cc1cncc(C(=O)NC(CO)c2ccccc2C(F)(F)F)c1.